The Bertz CT molecular complexity index is 187. The fourth-order valence-corrected chi connectivity index (χ4v) is 1.25. The van der Waals surface area contributed by atoms with Crippen molar-refractivity contribution in [3.8, 4) is 0 Å². The van der Waals surface area contributed by atoms with Crippen LogP contribution in [-0.4, -0.2) is 42.5 Å². The molecule has 0 aliphatic carbocycles. The highest BCUT2D eigenvalue weighted by molar-refractivity contribution is 6.32. The lowest BCUT2D eigenvalue weighted by atomic mass is 10.4. The van der Waals surface area contributed by atoms with Gasteiger partial charge in [0.05, 0.1) is 6.61 Å². The van der Waals surface area contributed by atoms with E-state index in [1.54, 1.807) is 0 Å². The molecular weight excluding hydrogens is 204 g/mol. The van der Waals surface area contributed by atoms with E-state index < -0.39 is 11.3 Å². The molecule has 1 rings (SSSR count). The van der Waals surface area contributed by atoms with Crippen LogP contribution in [0.4, 0.5) is 8.78 Å². The molecule has 3 nitrogen and oxygen atoms in total. The lowest BCUT2D eigenvalue weighted by Gasteiger charge is -2.21. The molecule has 0 N–H and O–H groups in total. The first-order valence-electron chi connectivity index (χ1n) is 3.95. The standard InChI is InChI=1S/C7H10ClF2NO2/c8-7(9,10)6(12)11-2-1-4-13-5-3-11/h1-5H2. The van der Waals surface area contributed by atoms with Crippen molar-refractivity contribution in [2.45, 2.75) is 11.8 Å². The highest BCUT2D eigenvalue weighted by Crippen LogP contribution is 2.22. The van der Waals surface area contributed by atoms with Gasteiger partial charge in [0.25, 0.3) is 0 Å². The molecule has 1 aliphatic rings. The van der Waals surface area contributed by atoms with Crippen molar-refractivity contribution in [3.63, 3.8) is 0 Å². The second kappa shape index (κ2) is 4.19. The van der Waals surface area contributed by atoms with Crippen LogP contribution < -0.4 is 0 Å². The smallest absolute Gasteiger partial charge is 0.380 e. The molecule has 1 heterocycles. The Labute approximate surface area is 79.6 Å². The second-order valence-electron chi connectivity index (χ2n) is 2.76. The molecule has 0 saturated carbocycles. The van der Waals surface area contributed by atoms with Crippen molar-refractivity contribution in [2.75, 3.05) is 26.3 Å². The minimum absolute atomic E-state index is 0.182. The monoisotopic (exact) mass is 213 g/mol. The number of rotatable bonds is 1. The van der Waals surface area contributed by atoms with Gasteiger partial charge in [0.2, 0.25) is 0 Å². The topological polar surface area (TPSA) is 29.5 Å². The van der Waals surface area contributed by atoms with E-state index in [1.165, 1.54) is 0 Å². The summed E-state index contributed by atoms with van der Waals surface area (Å²) in [6, 6.07) is 0. The maximum Gasteiger partial charge on any atom is 0.399 e. The summed E-state index contributed by atoms with van der Waals surface area (Å²) in [6.45, 7) is 1.25. The van der Waals surface area contributed by atoms with Crippen molar-refractivity contribution in [1.82, 2.24) is 4.90 Å². The van der Waals surface area contributed by atoms with Crippen LogP contribution in [0.2, 0.25) is 0 Å². The average Bonchev–Trinajstić information content (AvgIpc) is 2.28. The summed E-state index contributed by atoms with van der Waals surface area (Å²) in [4.78, 5) is 12.0. The molecule has 0 atom stereocenters. The summed E-state index contributed by atoms with van der Waals surface area (Å²) in [7, 11) is 0. The Morgan fingerprint density at radius 3 is 2.69 bits per heavy atom. The van der Waals surface area contributed by atoms with Crippen LogP contribution >= 0.6 is 11.6 Å². The minimum atomic E-state index is -3.79. The van der Waals surface area contributed by atoms with Crippen LogP contribution in [0.3, 0.4) is 0 Å². The summed E-state index contributed by atoms with van der Waals surface area (Å²) in [5, 5.41) is -3.79. The van der Waals surface area contributed by atoms with Crippen molar-refractivity contribution < 1.29 is 18.3 Å². The number of halogens is 3. The summed E-state index contributed by atoms with van der Waals surface area (Å²) in [5.74, 6) is -1.33. The van der Waals surface area contributed by atoms with Crippen molar-refractivity contribution in [1.29, 1.82) is 0 Å². The summed E-state index contributed by atoms with van der Waals surface area (Å²) < 4.78 is 29.7. The van der Waals surface area contributed by atoms with Gasteiger partial charge in [0, 0.05) is 19.7 Å². The van der Waals surface area contributed by atoms with Gasteiger partial charge in [-0.25, -0.2) is 0 Å². The fraction of sp³-hybridized carbons (Fsp3) is 0.857. The molecule has 6 heteroatoms. The van der Waals surface area contributed by atoms with Gasteiger partial charge >= 0.3 is 11.3 Å². The van der Waals surface area contributed by atoms with E-state index in [-0.39, 0.29) is 13.1 Å². The third-order valence-electron chi connectivity index (χ3n) is 1.75. The Kier molecular flexibility index (Phi) is 3.44. The number of carbonyl (C=O) groups excluding carboxylic acids is 1. The first-order chi connectivity index (χ1) is 6.02. The van der Waals surface area contributed by atoms with Gasteiger partial charge < -0.3 is 9.64 Å². The van der Waals surface area contributed by atoms with Gasteiger partial charge in [-0.2, -0.15) is 8.78 Å². The maximum atomic E-state index is 12.4. The van der Waals surface area contributed by atoms with Gasteiger partial charge in [0.15, 0.2) is 0 Å². The van der Waals surface area contributed by atoms with Gasteiger partial charge in [-0.05, 0) is 18.0 Å². The molecule has 0 aromatic carbocycles. The molecule has 1 aliphatic heterocycles. The zero-order valence-electron chi connectivity index (χ0n) is 6.93. The molecule has 1 saturated heterocycles. The van der Waals surface area contributed by atoms with Crippen LogP contribution in [0.1, 0.15) is 6.42 Å². The van der Waals surface area contributed by atoms with E-state index in [0.717, 1.165) is 4.90 Å². The van der Waals surface area contributed by atoms with Gasteiger partial charge in [-0.15, -0.1) is 0 Å². The normalized spacial score (nSPS) is 19.8. The van der Waals surface area contributed by atoms with E-state index in [0.29, 0.717) is 19.6 Å². The number of hydrogen-bond acceptors (Lipinski definition) is 2. The van der Waals surface area contributed by atoms with E-state index in [4.69, 9.17) is 4.74 Å². The Balaban J connectivity index is 2.54. The molecule has 1 amide bonds. The van der Waals surface area contributed by atoms with Crippen LogP contribution in [0, 0.1) is 0 Å². The molecule has 13 heavy (non-hydrogen) atoms. The summed E-state index contributed by atoms with van der Waals surface area (Å²) in [5.41, 5.74) is 0. The van der Waals surface area contributed by atoms with Crippen molar-refractivity contribution >= 4 is 17.5 Å². The second-order valence-corrected chi connectivity index (χ2v) is 3.23. The maximum absolute atomic E-state index is 12.4. The number of ether oxygens (including phenoxy) is 1. The highest BCUT2D eigenvalue weighted by Gasteiger charge is 2.39. The van der Waals surface area contributed by atoms with Gasteiger partial charge in [0.1, 0.15) is 0 Å². The van der Waals surface area contributed by atoms with Crippen molar-refractivity contribution in [2.24, 2.45) is 0 Å². The van der Waals surface area contributed by atoms with Crippen LogP contribution in [0.5, 0.6) is 0 Å². The zero-order chi connectivity index (χ0) is 9.90. The third-order valence-corrected chi connectivity index (χ3v) is 1.91. The number of amides is 1. The van der Waals surface area contributed by atoms with Gasteiger partial charge in [-0.1, -0.05) is 0 Å². The molecule has 0 radical (unpaired) electrons. The quantitative estimate of drug-likeness (QED) is 0.610. The predicted molar refractivity (Wildman–Crippen MR) is 42.8 cm³/mol. The molecule has 0 aromatic rings. The lowest BCUT2D eigenvalue weighted by Crippen LogP contribution is -2.41. The molecular formula is C7H10ClF2NO2. The fourth-order valence-electron chi connectivity index (χ4n) is 1.13. The molecule has 0 bridgehead atoms. The average molecular weight is 214 g/mol. The molecule has 1 fully saturated rings. The number of hydrogen-bond donors (Lipinski definition) is 0. The number of carbonyl (C=O) groups is 1. The molecule has 0 aromatic heterocycles. The van der Waals surface area contributed by atoms with Crippen LogP contribution in [0.15, 0.2) is 0 Å². The van der Waals surface area contributed by atoms with E-state index in [1.807, 2.05) is 0 Å². The lowest BCUT2D eigenvalue weighted by molar-refractivity contribution is -0.147. The Hall–Kier alpha value is -0.420. The zero-order valence-corrected chi connectivity index (χ0v) is 7.69. The van der Waals surface area contributed by atoms with Crippen molar-refractivity contribution in [3.05, 3.63) is 0 Å². The number of nitrogens with zero attached hydrogens (tertiary/aromatic N) is 1. The SMILES string of the molecule is O=C(N1CCCOCC1)C(F)(F)Cl. The largest absolute Gasteiger partial charge is 0.399 e. The molecule has 76 valence electrons. The summed E-state index contributed by atoms with van der Waals surface area (Å²) >= 11 is 4.60. The Morgan fingerprint density at radius 2 is 2.08 bits per heavy atom. The van der Waals surface area contributed by atoms with E-state index in [2.05, 4.69) is 11.6 Å². The predicted octanol–water partition coefficient (Wildman–Crippen LogP) is 1.07. The first-order valence-corrected chi connectivity index (χ1v) is 4.33. The minimum Gasteiger partial charge on any atom is -0.380 e. The van der Waals surface area contributed by atoms with E-state index >= 15 is 0 Å². The van der Waals surface area contributed by atoms with E-state index in [9.17, 15) is 13.6 Å². The Morgan fingerprint density at radius 1 is 1.38 bits per heavy atom. The van der Waals surface area contributed by atoms with Gasteiger partial charge in [-0.3, -0.25) is 4.79 Å². The summed E-state index contributed by atoms with van der Waals surface area (Å²) in [6.07, 6.45) is 0.568. The number of alkyl halides is 3. The third kappa shape index (κ3) is 3.08. The molecule has 0 unspecified atom stereocenters. The van der Waals surface area contributed by atoms with Crippen LogP contribution in [-0.2, 0) is 9.53 Å². The molecule has 0 spiro atoms. The first kappa shape index (κ1) is 10.7. The highest BCUT2D eigenvalue weighted by atomic mass is 35.5. The van der Waals surface area contributed by atoms with Crippen LogP contribution in [0.25, 0.3) is 0 Å².